The SMILES string of the molecule is CCC(C)/C=C(/C)CNC. The average Bonchev–Trinajstić information content (AvgIpc) is 1.88. The van der Waals surface area contributed by atoms with E-state index in [1.165, 1.54) is 12.0 Å². The van der Waals surface area contributed by atoms with Crippen LogP contribution in [0.4, 0.5) is 0 Å². The molecular weight excluding hydrogens is 122 g/mol. The van der Waals surface area contributed by atoms with Gasteiger partial charge in [0.15, 0.2) is 0 Å². The quantitative estimate of drug-likeness (QED) is 0.592. The largest absolute Gasteiger partial charge is 0.316 e. The van der Waals surface area contributed by atoms with Crippen molar-refractivity contribution in [2.24, 2.45) is 5.92 Å². The fourth-order valence-electron chi connectivity index (χ4n) is 0.941. The van der Waals surface area contributed by atoms with Gasteiger partial charge in [-0.25, -0.2) is 0 Å². The summed E-state index contributed by atoms with van der Waals surface area (Å²) in [5.74, 6) is 0.730. The highest BCUT2D eigenvalue weighted by Gasteiger charge is 1.93. The summed E-state index contributed by atoms with van der Waals surface area (Å²) in [4.78, 5) is 0. The lowest BCUT2D eigenvalue weighted by atomic mass is 10.1. The molecule has 1 N–H and O–H groups in total. The van der Waals surface area contributed by atoms with E-state index in [0.29, 0.717) is 0 Å². The third-order valence-electron chi connectivity index (χ3n) is 1.67. The summed E-state index contributed by atoms with van der Waals surface area (Å²) < 4.78 is 0. The third-order valence-corrected chi connectivity index (χ3v) is 1.67. The van der Waals surface area contributed by atoms with Gasteiger partial charge in [-0.05, 0) is 19.9 Å². The van der Waals surface area contributed by atoms with Crippen LogP contribution in [0.1, 0.15) is 27.2 Å². The molecule has 0 aliphatic heterocycles. The molecule has 0 aliphatic carbocycles. The zero-order chi connectivity index (χ0) is 7.98. The van der Waals surface area contributed by atoms with Gasteiger partial charge < -0.3 is 5.32 Å². The van der Waals surface area contributed by atoms with Crippen LogP contribution >= 0.6 is 0 Å². The van der Waals surface area contributed by atoms with Crippen LogP contribution < -0.4 is 5.32 Å². The van der Waals surface area contributed by atoms with E-state index in [9.17, 15) is 0 Å². The van der Waals surface area contributed by atoms with Gasteiger partial charge in [-0.1, -0.05) is 31.9 Å². The molecule has 60 valence electrons. The monoisotopic (exact) mass is 141 g/mol. The molecule has 0 aromatic rings. The van der Waals surface area contributed by atoms with Crippen molar-refractivity contribution in [2.45, 2.75) is 27.2 Å². The predicted molar refractivity (Wildman–Crippen MR) is 47.1 cm³/mol. The van der Waals surface area contributed by atoms with Gasteiger partial charge in [0.05, 0.1) is 0 Å². The van der Waals surface area contributed by atoms with E-state index < -0.39 is 0 Å². The molecule has 0 aliphatic rings. The molecule has 1 heteroatoms. The topological polar surface area (TPSA) is 12.0 Å². The van der Waals surface area contributed by atoms with Crippen molar-refractivity contribution >= 4 is 0 Å². The average molecular weight is 141 g/mol. The molecule has 1 nitrogen and oxygen atoms in total. The van der Waals surface area contributed by atoms with E-state index in [1.54, 1.807) is 0 Å². The molecule has 0 aromatic carbocycles. The Labute approximate surface area is 64.5 Å². The molecule has 0 amide bonds. The first-order chi connectivity index (χ1) is 4.70. The smallest absolute Gasteiger partial charge is 0.0158 e. The minimum Gasteiger partial charge on any atom is -0.316 e. The molecule has 1 atom stereocenters. The van der Waals surface area contributed by atoms with E-state index in [2.05, 4.69) is 32.2 Å². The van der Waals surface area contributed by atoms with Crippen molar-refractivity contribution < 1.29 is 0 Å². The summed E-state index contributed by atoms with van der Waals surface area (Å²) in [5, 5.41) is 3.13. The van der Waals surface area contributed by atoms with Gasteiger partial charge in [0.1, 0.15) is 0 Å². The van der Waals surface area contributed by atoms with E-state index in [1.807, 2.05) is 7.05 Å². The molecule has 1 unspecified atom stereocenters. The van der Waals surface area contributed by atoms with Gasteiger partial charge in [-0.2, -0.15) is 0 Å². The maximum Gasteiger partial charge on any atom is 0.0158 e. The summed E-state index contributed by atoms with van der Waals surface area (Å²) in [6.45, 7) is 7.65. The van der Waals surface area contributed by atoms with Crippen LogP contribution in [0, 0.1) is 5.92 Å². The summed E-state index contributed by atoms with van der Waals surface area (Å²) in [7, 11) is 1.98. The Morgan fingerprint density at radius 3 is 2.60 bits per heavy atom. The maximum absolute atomic E-state index is 3.13. The van der Waals surface area contributed by atoms with Crippen LogP contribution in [-0.2, 0) is 0 Å². The van der Waals surface area contributed by atoms with Gasteiger partial charge in [0.25, 0.3) is 0 Å². The van der Waals surface area contributed by atoms with E-state index in [4.69, 9.17) is 0 Å². The van der Waals surface area contributed by atoms with Crippen molar-refractivity contribution in [3.05, 3.63) is 11.6 Å². The summed E-state index contributed by atoms with van der Waals surface area (Å²) in [6, 6.07) is 0. The Kier molecular flexibility index (Phi) is 5.32. The van der Waals surface area contributed by atoms with Gasteiger partial charge >= 0.3 is 0 Å². The maximum atomic E-state index is 3.13. The highest BCUT2D eigenvalue weighted by atomic mass is 14.8. The van der Waals surface area contributed by atoms with Crippen LogP contribution in [0.25, 0.3) is 0 Å². The number of hydrogen-bond donors (Lipinski definition) is 1. The van der Waals surface area contributed by atoms with E-state index in [0.717, 1.165) is 12.5 Å². The molecular formula is C9H19N. The summed E-state index contributed by atoms with van der Waals surface area (Å²) in [5.41, 5.74) is 1.44. The molecule has 0 rings (SSSR count). The number of rotatable bonds is 4. The first kappa shape index (κ1) is 9.70. The van der Waals surface area contributed by atoms with Crippen molar-refractivity contribution in [1.29, 1.82) is 0 Å². The second-order valence-corrected chi connectivity index (χ2v) is 2.93. The number of hydrogen-bond acceptors (Lipinski definition) is 1. The molecule has 0 aromatic heterocycles. The molecule has 0 saturated carbocycles. The van der Waals surface area contributed by atoms with Gasteiger partial charge in [0.2, 0.25) is 0 Å². The van der Waals surface area contributed by atoms with Crippen molar-refractivity contribution in [2.75, 3.05) is 13.6 Å². The standard InChI is InChI=1S/C9H19N/c1-5-8(2)6-9(3)7-10-4/h6,8,10H,5,7H2,1-4H3/b9-6-. The molecule has 0 spiro atoms. The van der Waals surface area contributed by atoms with Crippen LogP contribution in [-0.4, -0.2) is 13.6 Å². The van der Waals surface area contributed by atoms with E-state index >= 15 is 0 Å². The highest BCUT2D eigenvalue weighted by molar-refractivity contribution is 5.01. The zero-order valence-electron chi connectivity index (χ0n) is 7.57. The molecule has 0 bridgehead atoms. The highest BCUT2D eigenvalue weighted by Crippen LogP contribution is 2.05. The molecule has 0 saturated heterocycles. The fraction of sp³-hybridized carbons (Fsp3) is 0.778. The van der Waals surface area contributed by atoms with Crippen LogP contribution in [0.5, 0.6) is 0 Å². The van der Waals surface area contributed by atoms with Crippen molar-refractivity contribution in [3.63, 3.8) is 0 Å². The zero-order valence-corrected chi connectivity index (χ0v) is 7.57. The van der Waals surface area contributed by atoms with Crippen molar-refractivity contribution in [3.8, 4) is 0 Å². The first-order valence-electron chi connectivity index (χ1n) is 4.02. The second-order valence-electron chi connectivity index (χ2n) is 2.93. The minimum atomic E-state index is 0.730. The third kappa shape index (κ3) is 4.57. The first-order valence-corrected chi connectivity index (χ1v) is 4.02. The Bertz CT molecular complexity index is 105. The Balaban J connectivity index is 3.65. The minimum absolute atomic E-state index is 0.730. The van der Waals surface area contributed by atoms with Crippen LogP contribution in [0.15, 0.2) is 11.6 Å². The molecule has 0 heterocycles. The number of likely N-dealkylation sites (N-methyl/N-ethyl adjacent to an activating group) is 1. The number of allylic oxidation sites excluding steroid dienone is 1. The van der Waals surface area contributed by atoms with Crippen LogP contribution in [0.2, 0.25) is 0 Å². The number of nitrogens with one attached hydrogen (secondary N) is 1. The lowest BCUT2D eigenvalue weighted by Gasteiger charge is -2.04. The fourth-order valence-corrected chi connectivity index (χ4v) is 0.941. The molecule has 10 heavy (non-hydrogen) atoms. The Morgan fingerprint density at radius 1 is 1.60 bits per heavy atom. The molecule has 0 radical (unpaired) electrons. The van der Waals surface area contributed by atoms with Gasteiger partial charge in [-0.15, -0.1) is 0 Å². The summed E-state index contributed by atoms with van der Waals surface area (Å²) in [6.07, 6.45) is 3.57. The van der Waals surface area contributed by atoms with E-state index in [-0.39, 0.29) is 0 Å². The second kappa shape index (κ2) is 5.48. The van der Waals surface area contributed by atoms with Gasteiger partial charge in [0, 0.05) is 6.54 Å². The lowest BCUT2D eigenvalue weighted by molar-refractivity contribution is 0.687. The van der Waals surface area contributed by atoms with Crippen molar-refractivity contribution in [1.82, 2.24) is 5.32 Å². The predicted octanol–water partition coefficient (Wildman–Crippen LogP) is 2.20. The summed E-state index contributed by atoms with van der Waals surface area (Å²) >= 11 is 0. The van der Waals surface area contributed by atoms with Gasteiger partial charge in [-0.3, -0.25) is 0 Å². The normalized spacial score (nSPS) is 15.4. The lowest BCUT2D eigenvalue weighted by Crippen LogP contribution is -2.09. The molecule has 0 fully saturated rings. The Hall–Kier alpha value is -0.300. The Morgan fingerprint density at radius 2 is 2.20 bits per heavy atom. The van der Waals surface area contributed by atoms with Crippen LogP contribution in [0.3, 0.4) is 0 Å².